The Morgan fingerprint density at radius 2 is 2.18 bits per heavy atom. The molecule has 0 aromatic heterocycles. The molecule has 0 unspecified atom stereocenters. The van der Waals surface area contributed by atoms with Crippen molar-refractivity contribution in [2.45, 2.75) is 0 Å². The summed E-state index contributed by atoms with van der Waals surface area (Å²) in [6.07, 6.45) is 0. The summed E-state index contributed by atoms with van der Waals surface area (Å²) >= 11 is 9.62. The van der Waals surface area contributed by atoms with Gasteiger partial charge in [0.25, 0.3) is 0 Å². The molecule has 0 spiro atoms. The van der Waals surface area contributed by atoms with E-state index in [-0.39, 0.29) is 17.3 Å². The second kappa shape index (κ2) is 6.37. The summed E-state index contributed by atoms with van der Waals surface area (Å²) in [5, 5.41) is 9.59. The Kier molecular flexibility index (Phi) is 5.42. The minimum atomic E-state index is -0.141. The summed E-state index contributed by atoms with van der Waals surface area (Å²) in [7, 11) is 3.66. The van der Waals surface area contributed by atoms with E-state index >= 15 is 0 Å². The van der Waals surface area contributed by atoms with Crippen molar-refractivity contribution in [3.63, 3.8) is 0 Å². The number of carbonyl (C=O) groups excluding carboxylic acids is 1. The van der Waals surface area contributed by atoms with Gasteiger partial charge in [0.15, 0.2) is 5.78 Å². The van der Waals surface area contributed by atoms with Gasteiger partial charge in [0.2, 0.25) is 0 Å². The van der Waals surface area contributed by atoms with Crippen LogP contribution in [0.3, 0.4) is 0 Å². The summed E-state index contributed by atoms with van der Waals surface area (Å²) in [5.74, 6) is 0.0775. The Morgan fingerprint density at radius 1 is 1.53 bits per heavy atom. The van der Waals surface area contributed by atoms with Gasteiger partial charge in [-0.15, -0.1) is 0 Å². The first-order valence-corrected chi connectivity index (χ1v) is 6.96. The zero-order valence-electron chi connectivity index (χ0n) is 9.44. The Bertz CT molecular complexity index is 449. The van der Waals surface area contributed by atoms with E-state index in [1.165, 1.54) is 17.8 Å². The molecule has 1 rings (SSSR count). The molecule has 0 bridgehead atoms. The van der Waals surface area contributed by atoms with E-state index in [9.17, 15) is 9.90 Å². The topological polar surface area (TPSA) is 40.5 Å². The van der Waals surface area contributed by atoms with Crippen LogP contribution in [-0.2, 0) is 0 Å². The van der Waals surface area contributed by atoms with Crippen molar-refractivity contribution in [2.75, 3.05) is 19.8 Å². The highest BCUT2D eigenvalue weighted by Crippen LogP contribution is 2.23. The molecule has 0 aliphatic rings. The lowest BCUT2D eigenvalue weighted by molar-refractivity contribution is 0.102. The molecule has 0 saturated carbocycles. The van der Waals surface area contributed by atoms with Gasteiger partial charge in [-0.25, -0.2) is 0 Å². The molecule has 1 aromatic rings. The third kappa shape index (κ3) is 4.29. The Morgan fingerprint density at radius 3 is 2.76 bits per heavy atom. The van der Waals surface area contributed by atoms with Crippen molar-refractivity contribution >= 4 is 50.0 Å². The van der Waals surface area contributed by atoms with Crippen LogP contribution < -0.4 is 0 Å². The van der Waals surface area contributed by atoms with Gasteiger partial charge in [-0.2, -0.15) is 0 Å². The molecule has 0 radical (unpaired) electrons. The van der Waals surface area contributed by atoms with Gasteiger partial charge >= 0.3 is 0 Å². The van der Waals surface area contributed by atoms with Gasteiger partial charge in [-0.3, -0.25) is 4.79 Å². The fraction of sp³-hybridized carbons (Fsp3) is 0.273. The number of benzene rings is 1. The average molecular weight is 334 g/mol. The normalized spacial score (nSPS) is 10.1. The van der Waals surface area contributed by atoms with Crippen LogP contribution in [0.15, 0.2) is 22.7 Å². The van der Waals surface area contributed by atoms with Gasteiger partial charge in [0, 0.05) is 18.6 Å². The molecule has 17 heavy (non-hydrogen) atoms. The third-order valence-corrected chi connectivity index (χ3v) is 4.18. The number of phenolic OH excluding ortho intramolecular Hbond substituents is 1. The van der Waals surface area contributed by atoms with E-state index in [1.54, 1.807) is 17.0 Å². The zero-order chi connectivity index (χ0) is 13.0. The highest BCUT2D eigenvalue weighted by atomic mass is 79.9. The van der Waals surface area contributed by atoms with E-state index in [0.29, 0.717) is 9.88 Å². The SMILES string of the molecule is CN(C)C(=S)SCC(=O)c1cc(Br)ccc1O. The van der Waals surface area contributed by atoms with Crippen molar-refractivity contribution in [1.29, 1.82) is 0 Å². The minimum absolute atomic E-state index is 0.00503. The van der Waals surface area contributed by atoms with Crippen LogP contribution in [-0.4, -0.2) is 40.0 Å². The van der Waals surface area contributed by atoms with Crippen molar-refractivity contribution in [3.8, 4) is 5.75 Å². The molecular weight excluding hydrogens is 322 g/mol. The molecule has 1 N–H and O–H groups in total. The molecule has 0 saturated heterocycles. The van der Waals surface area contributed by atoms with Crippen LogP contribution >= 0.6 is 39.9 Å². The smallest absolute Gasteiger partial charge is 0.176 e. The number of thiocarbonyl (C=S) groups is 1. The van der Waals surface area contributed by atoms with Crippen LogP contribution in [0.1, 0.15) is 10.4 Å². The lowest BCUT2D eigenvalue weighted by atomic mass is 10.1. The highest BCUT2D eigenvalue weighted by Gasteiger charge is 2.13. The summed E-state index contributed by atoms with van der Waals surface area (Å²) < 4.78 is 1.41. The Hall–Kier alpha value is -0.590. The monoisotopic (exact) mass is 333 g/mol. The first-order chi connectivity index (χ1) is 7.91. The number of nitrogens with zero attached hydrogens (tertiary/aromatic N) is 1. The number of rotatable bonds is 3. The number of hydrogen-bond acceptors (Lipinski definition) is 4. The fourth-order valence-corrected chi connectivity index (χ4v) is 2.27. The van der Waals surface area contributed by atoms with Crippen molar-refractivity contribution in [2.24, 2.45) is 0 Å². The highest BCUT2D eigenvalue weighted by molar-refractivity contribution is 9.10. The van der Waals surface area contributed by atoms with Crippen molar-refractivity contribution in [3.05, 3.63) is 28.2 Å². The number of thioether (sulfide) groups is 1. The molecule has 0 atom stereocenters. The quantitative estimate of drug-likeness (QED) is 0.680. The summed E-state index contributed by atoms with van der Waals surface area (Å²) in [6, 6.07) is 4.78. The predicted molar refractivity (Wildman–Crippen MR) is 78.9 cm³/mol. The van der Waals surface area contributed by atoms with Gasteiger partial charge in [0.05, 0.1) is 11.3 Å². The number of Topliss-reactive ketones (excluding diaryl/α,β-unsaturated/α-hetero) is 1. The van der Waals surface area contributed by atoms with Gasteiger partial charge in [-0.05, 0) is 18.2 Å². The second-order valence-electron chi connectivity index (χ2n) is 3.53. The number of phenols is 1. The molecule has 6 heteroatoms. The Balaban J connectivity index is 2.70. The van der Waals surface area contributed by atoms with Crippen LogP contribution in [0.25, 0.3) is 0 Å². The maximum absolute atomic E-state index is 11.9. The first-order valence-electron chi connectivity index (χ1n) is 4.77. The lowest BCUT2D eigenvalue weighted by Crippen LogP contribution is -2.18. The standard InChI is InChI=1S/C11H12BrNO2S2/c1-13(2)11(16)17-6-10(15)8-5-7(12)3-4-9(8)14/h3-5,14H,6H2,1-2H3. The maximum Gasteiger partial charge on any atom is 0.176 e. The fourth-order valence-electron chi connectivity index (χ4n) is 1.07. The molecule has 0 heterocycles. The Labute approximate surface area is 118 Å². The average Bonchev–Trinajstić information content (AvgIpc) is 2.28. The van der Waals surface area contributed by atoms with E-state index in [0.717, 1.165) is 4.47 Å². The van der Waals surface area contributed by atoms with Gasteiger partial charge < -0.3 is 10.0 Å². The predicted octanol–water partition coefficient (Wildman–Crippen LogP) is 2.92. The molecule has 3 nitrogen and oxygen atoms in total. The van der Waals surface area contributed by atoms with Crippen molar-refractivity contribution < 1.29 is 9.90 Å². The molecule has 92 valence electrons. The molecule has 1 aromatic carbocycles. The molecule has 0 amide bonds. The van der Waals surface area contributed by atoms with Gasteiger partial charge in [-0.1, -0.05) is 39.9 Å². The maximum atomic E-state index is 11.9. The largest absolute Gasteiger partial charge is 0.507 e. The van der Waals surface area contributed by atoms with Gasteiger partial charge in [0.1, 0.15) is 10.1 Å². The van der Waals surface area contributed by atoms with E-state index < -0.39 is 0 Å². The van der Waals surface area contributed by atoms with E-state index in [1.807, 2.05) is 14.1 Å². The number of ketones is 1. The third-order valence-electron chi connectivity index (χ3n) is 1.95. The van der Waals surface area contributed by atoms with Crippen molar-refractivity contribution in [1.82, 2.24) is 4.90 Å². The van der Waals surface area contributed by atoms with E-state index in [2.05, 4.69) is 15.9 Å². The minimum Gasteiger partial charge on any atom is -0.507 e. The number of halogens is 1. The second-order valence-corrected chi connectivity index (χ2v) is 6.06. The number of aromatic hydroxyl groups is 1. The molecule has 0 aliphatic carbocycles. The molecule has 0 fully saturated rings. The number of carbonyl (C=O) groups is 1. The van der Waals surface area contributed by atoms with Crippen LogP contribution in [0.2, 0.25) is 0 Å². The first kappa shape index (κ1) is 14.5. The summed E-state index contributed by atoms with van der Waals surface area (Å²) in [5.41, 5.74) is 0.313. The van der Waals surface area contributed by atoms with Crippen LogP contribution in [0.5, 0.6) is 5.75 Å². The molecular formula is C11H12BrNO2S2. The number of hydrogen-bond donors (Lipinski definition) is 1. The van der Waals surface area contributed by atoms with Crippen LogP contribution in [0.4, 0.5) is 0 Å². The van der Waals surface area contributed by atoms with Crippen LogP contribution in [0, 0.1) is 0 Å². The van der Waals surface area contributed by atoms with E-state index in [4.69, 9.17) is 12.2 Å². The lowest BCUT2D eigenvalue weighted by Gasteiger charge is -2.12. The molecule has 0 aliphatic heterocycles. The summed E-state index contributed by atoms with van der Waals surface area (Å²) in [4.78, 5) is 13.6. The summed E-state index contributed by atoms with van der Waals surface area (Å²) in [6.45, 7) is 0. The zero-order valence-corrected chi connectivity index (χ0v) is 12.7.